The van der Waals surface area contributed by atoms with Crippen LogP contribution in [0.15, 0.2) is 30.7 Å². The number of anilines is 1. The molecule has 1 unspecified atom stereocenters. The van der Waals surface area contributed by atoms with Gasteiger partial charge < -0.3 is 15.1 Å². The number of piperazine rings is 1. The fraction of sp³-hybridized carbons (Fsp3) is 0.409. The van der Waals surface area contributed by atoms with Gasteiger partial charge in [0.25, 0.3) is 5.91 Å². The lowest BCUT2D eigenvalue weighted by atomic mass is 10.0. The number of nitrogens with zero attached hydrogens (tertiary/aromatic N) is 6. The maximum absolute atomic E-state index is 14.0. The largest absolute Gasteiger partial charge is 0.352 e. The van der Waals surface area contributed by atoms with Gasteiger partial charge in [-0.05, 0) is 18.1 Å². The van der Waals surface area contributed by atoms with Gasteiger partial charge in [0, 0.05) is 33.2 Å². The number of rotatable bonds is 5. The molecule has 0 aliphatic carbocycles. The summed E-state index contributed by atoms with van der Waals surface area (Å²) in [4.78, 5) is 38.1. The number of hydrogen-bond acceptors (Lipinski definition) is 6. The standard InChI is InChI=1S/C22H25F2N7O2/c1-13(2)18(28-21(32)17-15(23)5-4-6-16(17)24)22(33)31-9-7-30(8-10-31)20-14-11-27-29(3)19(14)25-12-26-20/h4-6,11-13,18H,7-10H2,1-3H3,(H,28,32). The van der Waals surface area contributed by atoms with Crippen molar-refractivity contribution in [2.75, 3.05) is 31.1 Å². The lowest BCUT2D eigenvalue weighted by Crippen LogP contribution is -2.56. The van der Waals surface area contributed by atoms with Crippen LogP contribution in [0.1, 0.15) is 24.2 Å². The van der Waals surface area contributed by atoms with E-state index < -0.39 is 29.1 Å². The smallest absolute Gasteiger partial charge is 0.257 e. The van der Waals surface area contributed by atoms with Crippen molar-refractivity contribution in [2.45, 2.75) is 19.9 Å². The van der Waals surface area contributed by atoms with Crippen molar-refractivity contribution in [2.24, 2.45) is 13.0 Å². The van der Waals surface area contributed by atoms with Crippen LogP contribution in [0.5, 0.6) is 0 Å². The number of amides is 2. The first-order chi connectivity index (χ1) is 15.8. The molecular weight excluding hydrogens is 432 g/mol. The van der Waals surface area contributed by atoms with Crippen LogP contribution >= 0.6 is 0 Å². The van der Waals surface area contributed by atoms with Crippen LogP contribution in [0.2, 0.25) is 0 Å². The van der Waals surface area contributed by atoms with Gasteiger partial charge in [-0.3, -0.25) is 14.3 Å². The van der Waals surface area contributed by atoms with Gasteiger partial charge in [0.15, 0.2) is 5.65 Å². The van der Waals surface area contributed by atoms with Gasteiger partial charge in [-0.15, -0.1) is 0 Å². The van der Waals surface area contributed by atoms with E-state index in [1.165, 1.54) is 12.4 Å². The van der Waals surface area contributed by atoms with Crippen LogP contribution in [-0.2, 0) is 11.8 Å². The van der Waals surface area contributed by atoms with E-state index >= 15 is 0 Å². The Hall–Kier alpha value is -3.63. The predicted molar refractivity (Wildman–Crippen MR) is 118 cm³/mol. The summed E-state index contributed by atoms with van der Waals surface area (Å²) in [6.07, 6.45) is 3.21. The number of aryl methyl sites for hydroxylation is 1. The number of aromatic nitrogens is 4. The normalized spacial score (nSPS) is 15.2. The molecule has 1 atom stereocenters. The lowest BCUT2D eigenvalue weighted by molar-refractivity contribution is -0.134. The van der Waals surface area contributed by atoms with Crippen LogP contribution in [0, 0.1) is 17.6 Å². The van der Waals surface area contributed by atoms with Crippen molar-refractivity contribution in [3.05, 3.63) is 47.9 Å². The first-order valence-corrected chi connectivity index (χ1v) is 10.7. The van der Waals surface area contributed by atoms with E-state index in [-0.39, 0.29) is 11.8 Å². The first kappa shape index (κ1) is 22.6. The highest BCUT2D eigenvalue weighted by molar-refractivity contribution is 5.98. The minimum absolute atomic E-state index is 0.272. The molecule has 2 amide bonds. The molecule has 4 rings (SSSR count). The molecule has 9 nitrogen and oxygen atoms in total. The number of halogens is 2. The number of carbonyl (C=O) groups is 2. The van der Waals surface area contributed by atoms with Crippen LogP contribution in [0.4, 0.5) is 14.6 Å². The monoisotopic (exact) mass is 457 g/mol. The van der Waals surface area contributed by atoms with E-state index in [0.29, 0.717) is 26.2 Å². The fourth-order valence-electron chi connectivity index (χ4n) is 3.98. The molecule has 1 aliphatic rings. The second-order valence-electron chi connectivity index (χ2n) is 8.31. The zero-order chi connectivity index (χ0) is 23.7. The molecule has 1 aliphatic heterocycles. The zero-order valence-electron chi connectivity index (χ0n) is 18.6. The molecule has 3 heterocycles. The molecular formula is C22H25F2N7O2. The van der Waals surface area contributed by atoms with Crippen molar-refractivity contribution in [1.29, 1.82) is 0 Å². The summed E-state index contributed by atoms with van der Waals surface area (Å²) < 4.78 is 29.7. The summed E-state index contributed by atoms with van der Waals surface area (Å²) >= 11 is 0. The van der Waals surface area contributed by atoms with Crippen molar-refractivity contribution in [3.8, 4) is 0 Å². The third-order valence-corrected chi connectivity index (χ3v) is 5.81. The number of benzene rings is 1. The van der Waals surface area contributed by atoms with Gasteiger partial charge in [-0.25, -0.2) is 18.7 Å². The molecule has 3 aromatic rings. The Morgan fingerprint density at radius 3 is 2.36 bits per heavy atom. The second kappa shape index (κ2) is 9.08. The number of hydrogen-bond donors (Lipinski definition) is 1. The minimum atomic E-state index is -0.970. The third kappa shape index (κ3) is 4.35. The third-order valence-electron chi connectivity index (χ3n) is 5.81. The summed E-state index contributed by atoms with van der Waals surface area (Å²) in [7, 11) is 1.81. The van der Waals surface area contributed by atoms with E-state index in [1.54, 1.807) is 29.6 Å². The van der Waals surface area contributed by atoms with Gasteiger partial charge in [0.2, 0.25) is 5.91 Å². The average molecular weight is 457 g/mol. The van der Waals surface area contributed by atoms with Crippen molar-refractivity contribution < 1.29 is 18.4 Å². The summed E-state index contributed by atoms with van der Waals surface area (Å²) in [5.74, 6) is -2.69. The molecule has 1 fully saturated rings. The summed E-state index contributed by atoms with van der Waals surface area (Å²) in [6.45, 7) is 5.45. The fourth-order valence-corrected chi connectivity index (χ4v) is 3.98. The topological polar surface area (TPSA) is 96.2 Å². The first-order valence-electron chi connectivity index (χ1n) is 10.7. The van der Waals surface area contributed by atoms with Crippen LogP contribution in [0.25, 0.3) is 11.0 Å². The van der Waals surface area contributed by atoms with Crippen LogP contribution < -0.4 is 10.2 Å². The van der Waals surface area contributed by atoms with Gasteiger partial charge in [0.1, 0.15) is 35.4 Å². The second-order valence-corrected chi connectivity index (χ2v) is 8.31. The minimum Gasteiger partial charge on any atom is -0.352 e. The van der Waals surface area contributed by atoms with Crippen molar-refractivity contribution in [3.63, 3.8) is 0 Å². The van der Waals surface area contributed by atoms with E-state index in [0.717, 1.165) is 29.0 Å². The highest BCUT2D eigenvalue weighted by Crippen LogP contribution is 2.23. The van der Waals surface area contributed by atoms with Crippen LogP contribution in [-0.4, -0.2) is 68.7 Å². The Morgan fingerprint density at radius 1 is 1.06 bits per heavy atom. The Labute approximate surface area is 189 Å². The highest BCUT2D eigenvalue weighted by Gasteiger charge is 2.32. The van der Waals surface area contributed by atoms with Crippen LogP contribution in [0.3, 0.4) is 0 Å². The Morgan fingerprint density at radius 2 is 1.73 bits per heavy atom. The SMILES string of the molecule is CC(C)C(NC(=O)c1c(F)cccc1F)C(=O)N1CCN(c2ncnc3c2cnn3C)CC1. The molecule has 0 spiro atoms. The Balaban J connectivity index is 1.45. The molecule has 33 heavy (non-hydrogen) atoms. The summed E-state index contributed by atoms with van der Waals surface area (Å²) in [6, 6.07) is 2.29. The molecule has 0 radical (unpaired) electrons. The molecule has 174 valence electrons. The van der Waals surface area contributed by atoms with E-state index in [9.17, 15) is 18.4 Å². The molecule has 11 heteroatoms. The van der Waals surface area contributed by atoms with Crippen molar-refractivity contribution in [1.82, 2.24) is 30.0 Å². The van der Waals surface area contributed by atoms with Gasteiger partial charge in [-0.2, -0.15) is 5.10 Å². The van der Waals surface area contributed by atoms with Gasteiger partial charge in [0.05, 0.1) is 11.6 Å². The van der Waals surface area contributed by atoms with E-state index in [4.69, 9.17) is 0 Å². The maximum atomic E-state index is 14.0. The van der Waals surface area contributed by atoms with Crippen molar-refractivity contribution >= 4 is 28.7 Å². The Kier molecular flexibility index (Phi) is 6.21. The number of fused-ring (bicyclic) bond motifs is 1. The quantitative estimate of drug-likeness (QED) is 0.627. The number of nitrogens with one attached hydrogen (secondary N) is 1. The summed E-state index contributed by atoms with van der Waals surface area (Å²) in [5.41, 5.74) is 0.0338. The zero-order valence-corrected chi connectivity index (χ0v) is 18.6. The number of carbonyl (C=O) groups excluding carboxylic acids is 2. The van der Waals surface area contributed by atoms with E-state index in [2.05, 4.69) is 25.3 Å². The average Bonchev–Trinajstić information content (AvgIpc) is 3.18. The lowest BCUT2D eigenvalue weighted by Gasteiger charge is -2.37. The molecule has 0 saturated carbocycles. The summed E-state index contributed by atoms with van der Waals surface area (Å²) in [5, 5.41) is 7.59. The van der Waals surface area contributed by atoms with E-state index in [1.807, 2.05) is 7.05 Å². The molecule has 0 bridgehead atoms. The van der Waals surface area contributed by atoms with Gasteiger partial charge >= 0.3 is 0 Å². The maximum Gasteiger partial charge on any atom is 0.257 e. The Bertz CT molecular complexity index is 1170. The molecule has 2 aromatic heterocycles. The molecule has 1 N–H and O–H groups in total. The van der Waals surface area contributed by atoms with Gasteiger partial charge in [-0.1, -0.05) is 19.9 Å². The predicted octanol–water partition coefficient (Wildman–Crippen LogP) is 1.74. The highest BCUT2D eigenvalue weighted by atomic mass is 19.1. The molecule has 1 saturated heterocycles. The molecule has 1 aromatic carbocycles.